The Morgan fingerprint density at radius 1 is 1.06 bits per heavy atom. The van der Waals surface area contributed by atoms with Crippen molar-refractivity contribution in [1.82, 2.24) is 0 Å². The van der Waals surface area contributed by atoms with Crippen LogP contribution in [0.2, 0.25) is 0 Å². The summed E-state index contributed by atoms with van der Waals surface area (Å²) in [4.78, 5) is 0. The van der Waals surface area contributed by atoms with Crippen molar-refractivity contribution in [1.29, 1.82) is 5.26 Å². The second kappa shape index (κ2) is 4.89. The largest absolute Gasteiger partial charge is 0.364 e. The molecule has 2 aromatic rings. The Kier molecular flexibility index (Phi) is 3.29. The standard InChI is InChI=1S/C15H13FN2/c1-15(11-17,12-5-3-2-4-6-12)18-14-9-7-13(16)8-10-14/h2-10,18H,1H3. The van der Waals surface area contributed by atoms with Gasteiger partial charge in [0.05, 0.1) is 6.07 Å². The number of halogens is 1. The maximum Gasteiger partial charge on any atom is 0.148 e. The third-order valence-corrected chi connectivity index (χ3v) is 2.81. The van der Waals surface area contributed by atoms with Crippen LogP contribution in [0.1, 0.15) is 12.5 Å². The van der Waals surface area contributed by atoms with Crippen LogP contribution in [0.25, 0.3) is 0 Å². The van der Waals surface area contributed by atoms with E-state index in [4.69, 9.17) is 0 Å². The fourth-order valence-electron chi connectivity index (χ4n) is 1.76. The Bertz CT molecular complexity index is 557. The first-order valence-corrected chi connectivity index (χ1v) is 5.64. The molecule has 90 valence electrons. The summed E-state index contributed by atoms with van der Waals surface area (Å²) >= 11 is 0. The second-order valence-electron chi connectivity index (χ2n) is 4.23. The van der Waals surface area contributed by atoms with E-state index in [1.807, 2.05) is 30.3 Å². The van der Waals surface area contributed by atoms with Crippen molar-refractivity contribution < 1.29 is 4.39 Å². The number of hydrogen-bond donors (Lipinski definition) is 1. The SMILES string of the molecule is CC(C#N)(Nc1ccc(F)cc1)c1ccccc1. The predicted molar refractivity (Wildman–Crippen MR) is 69.4 cm³/mol. The summed E-state index contributed by atoms with van der Waals surface area (Å²) in [7, 11) is 0. The molecule has 0 saturated carbocycles. The molecule has 2 nitrogen and oxygen atoms in total. The summed E-state index contributed by atoms with van der Waals surface area (Å²) < 4.78 is 12.8. The minimum absolute atomic E-state index is 0.293. The van der Waals surface area contributed by atoms with Gasteiger partial charge in [0.1, 0.15) is 11.4 Å². The van der Waals surface area contributed by atoms with Crippen molar-refractivity contribution >= 4 is 5.69 Å². The minimum atomic E-state index is -0.834. The molecule has 0 aromatic heterocycles. The molecule has 2 aromatic carbocycles. The smallest absolute Gasteiger partial charge is 0.148 e. The van der Waals surface area contributed by atoms with Gasteiger partial charge in [0, 0.05) is 5.69 Å². The highest BCUT2D eigenvalue weighted by atomic mass is 19.1. The molecule has 0 amide bonds. The summed E-state index contributed by atoms with van der Waals surface area (Å²) in [5.74, 6) is -0.293. The lowest BCUT2D eigenvalue weighted by atomic mass is 9.93. The van der Waals surface area contributed by atoms with Crippen molar-refractivity contribution in [3.8, 4) is 6.07 Å². The molecule has 0 aliphatic carbocycles. The number of benzene rings is 2. The molecule has 0 aliphatic rings. The molecule has 3 heteroatoms. The number of anilines is 1. The molecule has 0 fully saturated rings. The number of nitrogens with one attached hydrogen (secondary N) is 1. The van der Waals surface area contributed by atoms with Crippen LogP contribution in [0, 0.1) is 17.1 Å². The number of nitrogens with zero attached hydrogens (tertiary/aromatic N) is 1. The van der Waals surface area contributed by atoms with Crippen LogP contribution in [-0.4, -0.2) is 0 Å². The fourth-order valence-corrected chi connectivity index (χ4v) is 1.76. The van der Waals surface area contributed by atoms with Crippen LogP contribution in [-0.2, 0) is 5.54 Å². The van der Waals surface area contributed by atoms with E-state index in [0.29, 0.717) is 5.69 Å². The summed E-state index contributed by atoms with van der Waals surface area (Å²) in [5, 5.41) is 12.5. The summed E-state index contributed by atoms with van der Waals surface area (Å²) in [6, 6.07) is 17.7. The highest BCUT2D eigenvalue weighted by molar-refractivity contribution is 5.50. The van der Waals surface area contributed by atoms with E-state index in [1.165, 1.54) is 12.1 Å². The van der Waals surface area contributed by atoms with Crippen LogP contribution in [0.4, 0.5) is 10.1 Å². The van der Waals surface area contributed by atoms with Crippen molar-refractivity contribution in [2.75, 3.05) is 5.32 Å². The van der Waals surface area contributed by atoms with Gasteiger partial charge in [-0.3, -0.25) is 0 Å². The molecular weight excluding hydrogens is 227 g/mol. The lowest BCUT2D eigenvalue weighted by Gasteiger charge is -2.25. The molecule has 0 bridgehead atoms. The summed E-state index contributed by atoms with van der Waals surface area (Å²) in [5.41, 5.74) is 0.750. The molecule has 0 radical (unpaired) electrons. The average Bonchev–Trinajstić information content (AvgIpc) is 2.42. The van der Waals surface area contributed by atoms with E-state index in [2.05, 4.69) is 11.4 Å². The lowest BCUT2D eigenvalue weighted by molar-refractivity contribution is 0.627. The first-order valence-electron chi connectivity index (χ1n) is 5.64. The maximum atomic E-state index is 12.8. The van der Waals surface area contributed by atoms with Crippen LogP contribution >= 0.6 is 0 Å². The lowest BCUT2D eigenvalue weighted by Crippen LogP contribution is -2.29. The quantitative estimate of drug-likeness (QED) is 0.888. The topological polar surface area (TPSA) is 35.8 Å². The molecule has 0 spiro atoms. The average molecular weight is 240 g/mol. The molecule has 0 aliphatic heterocycles. The van der Waals surface area contributed by atoms with Crippen LogP contribution in [0.15, 0.2) is 54.6 Å². The van der Waals surface area contributed by atoms with Gasteiger partial charge in [0.15, 0.2) is 0 Å². The number of rotatable bonds is 3. The van der Waals surface area contributed by atoms with Gasteiger partial charge >= 0.3 is 0 Å². The van der Waals surface area contributed by atoms with Gasteiger partial charge in [0.25, 0.3) is 0 Å². The maximum absolute atomic E-state index is 12.8. The normalized spacial score (nSPS) is 13.4. The summed E-state index contributed by atoms with van der Waals surface area (Å²) in [6.07, 6.45) is 0. The zero-order valence-corrected chi connectivity index (χ0v) is 10.0. The molecular formula is C15H13FN2. The van der Waals surface area contributed by atoms with Gasteiger partial charge in [-0.25, -0.2) is 4.39 Å². The van der Waals surface area contributed by atoms with E-state index in [1.54, 1.807) is 19.1 Å². The zero-order valence-electron chi connectivity index (χ0n) is 10.0. The minimum Gasteiger partial charge on any atom is -0.364 e. The van der Waals surface area contributed by atoms with Crippen LogP contribution in [0.5, 0.6) is 0 Å². The molecule has 1 N–H and O–H groups in total. The molecule has 18 heavy (non-hydrogen) atoms. The predicted octanol–water partition coefficient (Wildman–Crippen LogP) is 3.68. The van der Waals surface area contributed by atoms with Crippen molar-refractivity contribution in [2.45, 2.75) is 12.5 Å². The zero-order chi connectivity index (χ0) is 13.0. The summed E-state index contributed by atoms with van der Waals surface area (Å²) in [6.45, 7) is 1.80. The van der Waals surface area contributed by atoms with Crippen molar-refractivity contribution in [3.63, 3.8) is 0 Å². The van der Waals surface area contributed by atoms with Gasteiger partial charge < -0.3 is 5.32 Å². The Labute approximate surface area is 106 Å². The van der Waals surface area contributed by atoms with Crippen molar-refractivity contribution in [2.24, 2.45) is 0 Å². The monoisotopic (exact) mass is 240 g/mol. The van der Waals surface area contributed by atoms with E-state index in [0.717, 1.165) is 5.56 Å². The van der Waals surface area contributed by atoms with Gasteiger partial charge in [0.2, 0.25) is 0 Å². The highest BCUT2D eigenvalue weighted by Gasteiger charge is 2.25. The molecule has 0 saturated heterocycles. The Morgan fingerprint density at radius 3 is 2.22 bits per heavy atom. The third-order valence-electron chi connectivity index (χ3n) is 2.81. The highest BCUT2D eigenvalue weighted by Crippen LogP contribution is 2.25. The van der Waals surface area contributed by atoms with E-state index >= 15 is 0 Å². The number of hydrogen-bond acceptors (Lipinski definition) is 2. The Hall–Kier alpha value is -2.34. The first kappa shape index (κ1) is 12.1. The molecule has 1 unspecified atom stereocenters. The molecule has 0 heterocycles. The third kappa shape index (κ3) is 2.49. The van der Waals surface area contributed by atoms with E-state index < -0.39 is 5.54 Å². The van der Waals surface area contributed by atoms with E-state index in [9.17, 15) is 9.65 Å². The Morgan fingerprint density at radius 2 is 1.67 bits per heavy atom. The molecule has 2 rings (SSSR count). The van der Waals surface area contributed by atoms with Crippen LogP contribution in [0.3, 0.4) is 0 Å². The van der Waals surface area contributed by atoms with Gasteiger partial charge in [-0.15, -0.1) is 0 Å². The fraction of sp³-hybridized carbons (Fsp3) is 0.133. The van der Waals surface area contributed by atoms with Gasteiger partial charge in [-0.2, -0.15) is 5.26 Å². The van der Waals surface area contributed by atoms with Crippen molar-refractivity contribution in [3.05, 3.63) is 66.0 Å². The van der Waals surface area contributed by atoms with E-state index in [-0.39, 0.29) is 5.82 Å². The second-order valence-corrected chi connectivity index (χ2v) is 4.23. The Balaban J connectivity index is 2.30. The first-order chi connectivity index (χ1) is 8.64. The van der Waals surface area contributed by atoms with Gasteiger partial charge in [-0.05, 0) is 36.8 Å². The van der Waals surface area contributed by atoms with Gasteiger partial charge in [-0.1, -0.05) is 30.3 Å². The number of nitriles is 1. The molecule has 1 atom stereocenters. The van der Waals surface area contributed by atoms with Crippen LogP contribution < -0.4 is 5.32 Å².